The molecule has 0 unspecified atom stereocenters. The monoisotopic (exact) mass is 322 g/mol. The van der Waals surface area contributed by atoms with E-state index in [2.05, 4.69) is 17.4 Å². The Morgan fingerprint density at radius 1 is 1.14 bits per heavy atom. The van der Waals surface area contributed by atoms with Crippen molar-refractivity contribution in [3.63, 3.8) is 0 Å². The van der Waals surface area contributed by atoms with E-state index < -0.39 is 0 Å². The minimum Gasteiger partial charge on any atom is -0.398 e. The third kappa shape index (κ3) is 4.38. The molecule has 0 radical (unpaired) electrons. The summed E-state index contributed by atoms with van der Waals surface area (Å²) in [5, 5.41) is 3.50. The molecule has 0 aromatic heterocycles. The summed E-state index contributed by atoms with van der Waals surface area (Å²) in [6.07, 6.45) is 1.76. The van der Waals surface area contributed by atoms with Gasteiger partial charge in [-0.1, -0.05) is 53.5 Å². The normalized spacial score (nSPS) is 10.4. The zero-order chi connectivity index (χ0) is 15.2. The Hall–Kier alpha value is -1.71. The van der Waals surface area contributed by atoms with Gasteiger partial charge in [0.1, 0.15) is 0 Å². The number of carbonyl (C=O) groups is 1. The number of nitrogen functional groups attached to an aromatic ring is 1. The molecule has 2 aromatic rings. The van der Waals surface area contributed by atoms with Crippen molar-refractivity contribution >= 4 is 34.8 Å². The minimum atomic E-state index is -0.276. The summed E-state index contributed by atoms with van der Waals surface area (Å²) in [6, 6.07) is 13.1. The van der Waals surface area contributed by atoms with Gasteiger partial charge >= 0.3 is 0 Å². The van der Waals surface area contributed by atoms with Crippen LogP contribution >= 0.6 is 23.2 Å². The lowest BCUT2D eigenvalue weighted by molar-refractivity contribution is 0.0954. The first-order valence-electron chi connectivity index (χ1n) is 6.64. The Labute approximate surface area is 134 Å². The molecule has 2 rings (SSSR count). The topological polar surface area (TPSA) is 55.1 Å². The van der Waals surface area contributed by atoms with Crippen molar-refractivity contribution < 1.29 is 4.79 Å². The van der Waals surface area contributed by atoms with Gasteiger partial charge in [-0.3, -0.25) is 4.79 Å². The van der Waals surface area contributed by atoms with Crippen LogP contribution in [0.4, 0.5) is 5.69 Å². The van der Waals surface area contributed by atoms with Crippen LogP contribution in [0.2, 0.25) is 10.0 Å². The van der Waals surface area contributed by atoms with E-state index in [-0.39, 0.29) is 22.2 Å². The van der Waals surface area contributed by atoms with Gasteiger partial charge in [-0.25, -0.2) is 0 Å². The van der Waals surface area contributed by atoms with Crippen molar-refractivity contribution in [1.29, 1.82) is 0 Å². The quantitative estimate of drug-likeness (QED) is 0.647. The number of carbonyl (C=O) groups excluding carboxylic acids is 1. The van der Waals surface area contributed by atoms with Crippen molar-refractivity contribution in [2.45, 2.75) is 12.8 Å². The Kier molecular flexibility index (Phi) is 5.48. The highest BCUT2D eigenvalue weighted by molar-refractivity contribution is 6.37. The van der Waals surface area contributed by atoms with Crippen LogP contribution in [0, 0.1) is 0 Å². The highest BCUT2D eigenvalue weighted by atomic mass is 35.5. The number of hydrogen-bond acceptors (Lipinski definition) is 2. The van der Waals surface area contributed by atoms with Crippen LogP contribution < -0.4 is 11.1 Å². The molecule has 0 aliphatic carbocycles. The fourth-order valence-electron chi connectivity index (χ4n) is 2.06. The van der Waals surface area contributed by atoms with Crippen LogP contribution in [0.5, 0.6) is 0 Å². The third-order valence-electron chi connectivity index (χ3n) is 3.08. The van der Waals surface area contributed by atoms with Crippen molar-refractivity contribution in [2.24, 2.45) is 0 Å². The molecule has 2 aromatic carbocycles. The molecule has 0 aliphatic rings. The molecule has 0 aliphatic heterocycles. The second kappa shape index (κ2) is 7.34. The number of aryl methyl sites for hydroxylation is 1. The molecule has 0 fully saturated rings. The Balaban J connectivity index is 1.88. The fourth-order valence-corrected chi connectivity index (χ4v) is 2.66. The smallest absolute Gasteiger partial charge is 0.254 e. The number of halogens is 2. The van der Waals surface area contributed by atoms with E-state index in [0.29, 0.717) is 11.6 Å². The van der Waals surface area contributed by atoms with E-state index >= 15 is 0 Å². The van der Waals surface area contributed by atoms with Crippen LogP contribution in [0.25, 0.3) is 0 Å². The van der Waals surface area contributed by atoms with E-state index in [4.69, 9.17) is 28.9 Å². The SMILES string of the molecule is Nc1cc(Cl)cc(Cl)c1C(=O)NCCCc1ccccc1. The lowest BCUT2D eigenvalue weighted by atomic mass is 10.1. The van der Waals surface area contributed by atoms with Gasteiger partial charge in [-0.2, -0.15) is 0 Å². The minimum absolute atomic E-state index is 0.264. The van der Waals surface area contributed by atoms with Gasteiger partial charge in [0, 0.05) is 17.3 Å². The van der Waals surface area contributed by atoms with Gasteiger partial charge in [0.25, 0.3) is 5.91 Å². The number of nitrogens with one attached hydrogen (secondary N) is 1. The van der Waals surface area contributed by atoms with Gasteiger partial charge in [-0.05, 0) is 30.5 Å². The third-order valence-corrected chi connectivity index (χ3v) is 3.60. The van der Waals surface area contributed by atoms with Crippen LogP contribution in [0.15, 0.2) is 42.5 Å². The predicted octanol–water partition coefficient (Wildman–Crippen LogP) is 3.94. The fraction of sp³-hybridized carbons (Fsp3) is 0.188. The molecule has 3 nitrogen and oxygen atoms in total. The number of nitrogens with two attached hydrogens (primary N) is 1. The van der Waals surface area contributed by atoms with E-state index in [1.807, 2.05) is 18.2 Å². The Bertz CT molecular complexity index is 606. The summed E-state index contributed by atoms with van der Waals surface area (Å²) < 4.78 is 0. The molecular weight excluding hydrogens is 307 g/mol. The number of benzene rings is 2. The number of hydrogen-bond donors (Lipinski definition) is 2. The summed E-state index contributed by atoms with van der Waals surface area (Å²) in [7, 11) is 0. The molecule has 0 spiro atoms. The summed E-state index contributed by atoms with van der Waals surface area (Å²) in [5.74, 6) is -0.276. The summed E-state index contributed by atoms with van der Waals surface area (Å²) in [4.78, 5) is 12.1. The molecule has 0 bridgehead atoms. The molecule has 0 atom stereocenters. The second-order valence-electron chi connectivity index (χ2n) is 4.70. The number of anilines is 1. The van der Waals surface area contributed by atoms with Gasteiger partial charge in [0.15, 0.2) is 0 Å². The van der Waals surface area contributed by atoms with Crippen molar-refractivity contribution in [3.05, 3.63) is 63.6 Å². The van der Waals surface area contributed by atoms with Gasteiger partial charge in [-0.15, -0.1) is 0 Å². The second-order valence-corrected chi connectivity index (χ2v) is 5.54. The van der Waals surface area contributed by atoms with E-state index in [1.54, 1.807) is 0 Å². The standard InChI is InChI=1S/C16H16Cl2N2O/c17-12-9-13(18)15(14(19)10-12)16(21)20-8-4-7-11-5-2-1-3-6-11/h1-3,5-6,9-10H,4,7-8,19H2,(H,20,21). The highest BCUT2D eigenvalue weighted by Gasteiger charge is 2.14. The summed E-state index contributed by atoms with van der Waals surface area (Å²) >= 11 is 11.8. The summed E-state index contributed by atoms with van der Waals surface area (Å²) in [5.41, 5.74) is 7.60. The first-order valence-corrected chi connectivity index (χ1v) is 7.40. The molecule has 0 heterocycles. The van der Waals surface area contributed by atoms with Crippen molar-refractivity contribution in [2.75, 3.05) is 12.3 Å². The zero-order valence-corrected chi connectivity index (χ0v) is 12.9. The van der Waals surface area contributed by atoms with E-state index in [9.17, 15) is 4.79 Å². The lowest BCUT2D eigenvalue weighted by Crippen LogP contribution is -2.26. The first-order chi connectivity index (χ1) is 10.1. The number of rotatable bonds is 5. The van der Waals surface area contributed by atoms with Crippen LogP contribution in [-0.2, 0) is 6.42 Å². The van der Waals surface area contributed by atoms with E-state index in [1.165, 1.54) is 17.7 Å². The van der Waals surface area contributed by atoms with Gasteiger partial charge in [0.2, 0.25) is 0 Å². The lowest BCUT2D eigenvalue weighted by Gasteiger charge is -2.10. The molecule has 0 saturated heterocycles. The van der Waals surface area contributed by atoms with Crippen LogP contribution in [0.1, 0.15) is 22.3 Å². The molecule has 0 saturated carbocycles. The Morgan fingerprint density at radius 3 is 2.52 bits per heavy atom. The van der Waals surface area contributed by atoms with Crippen LogP contribution in [0.3, 0.4) is 0 Å². The van der Waals surface area contributed by atoms with Crippen molar-refractivity contribution in [1.82, 2.24) is 5.32 Å². The molecule has 5 heteroatoms. The molecule has 1 amide bonds. The van der Waals surface area contributed by atoms with Gasteiger partial charge in [0.05, 0.1) is 10.6 Å². The summed E-state index contributed by atoms with van der Waals surface area (Å²) in [6.45, 7) is 0.562. The average molecular weight is 323 g/mol. The number of amides is 1. The maximum atomic E-state index is 12.1. The largest absolute Gasteiger partial charge is 0.398 e. The van der Waals surface area contributed by atoms with Gasteiger partial charge < -0.3 is 11.1 Å². The average Bonchev–Trinajstić information content (AvgIpc) is 2.43. The highest BCUT2D eigenvalue weighted by Crippen LogP contribution is 2.26. The van der Waals surface area contributed by atoms with Crippen molar-refractivity contribution in [3.8, 4) is 0 Å². The van der Waals surface area contributed by atoms with E-state index in [0.717, 1.165) is 12.8 Å². The molecule has 3 N–H and O–H groups in total. The molecule has 110 valence electrons. The zero-order valence-electron chi connectivity index (χ0n) is 11.4. The maximum Gasteiger partial charge on any atom is 0.254 e. The first kappa shape index (κ1) is 15.7. The predicted molar refractivity (Wildman–Crippen MR) is 88.0 cm³/mol. The Morgan fingerprint density at radius 2 is 1.86 bits per heavy atom. The maximum absolute atomic E-state index is 12.1. The van der Waals surface area contributed by atoms with Crippen LogP contribution in [-0.4, -0.2) is 12.5 Å². The molecular formula is C16H16Cl2N2O. The molecule has 21 heavy (non-hydrogen) atoms.